The van der Waals surface area contributed by atoms with Crippen molar-refractivity contribution >= 4 is 11.6 Å². The summed E-state index contributed by atoms with van der Waals surface area (Å²) in [5.41, 5.74) is 1.84. The molecule has 1 unspecified atom stereocenters. The van der Waals surface area contributed by atoms with Gasteiger partial charge in [-0.05, 0) is 13.1 Å². The van der Waals surface area contributed by atoms with Crippen LogP contribution in [0.3, 0.4) is 0 Å². The predicted octanol–water partition coefficient (Wildman–Crippen LogP) is 0.695. The van der Waals surface area contributed by atoms with Gasteiger partial charge in [0.25, 0.3) is 0 Å². The highest BCUT2D eigenvalue weighted by Crippen LogP contribution is 2.43. The minimum Gasteiger partial charge on any atom is -0.486 e. The molecule has 0 spiro atoms. The molecule has 5 heteroatoms. The zero-order valence-corrected chi connectivity index (χ0v) is 9.82. The molecule has 3 rings (SSSR count). The molecule has 2 aliphatic heterocycles. The van der Waals surface area contributed by atoms with Crippen LogP contribution in [0.5, 0.6) is 11.5 Å². The fourth-order valence-electron chi connectivity index (χ4n) is 2.34. The SMILES string of the molecule is CNC1C(=O)N(C)c2cc3c(cc21)OCCO3. The van der Waals surface area contributed by atoms with Gasteiger partial charge in [0.15, 0.2) is 11.5 Å². The molecule has 1 aromatic rings. The predicted molar refractivity (Wildman–Crippen MR) is 62.6 cm³/mol. The van der Waals surface area contributed by atoms with Crippen molar-refractivity contribution in [3.63, 3.8) is 0 Å². The number of fused-ring (bicyclic) bond motifs is 2. The summed E-state index contributed by atoms with van der Waals surface area (Å²) < 4.78 is 11.0. The van der Waals surface area contributed by atoms with E-state index in [1.807, 2.05) is 12.1 Å². The van der Waals surface area contributed by atoms with Crippen molar-refractivity contribution in [1.29, 1.82) is 0 Å². The second kappa shape index (κ2) is 3.63. The van der Waals surface area contributed by atoms with Crippen LogP contribution in [-0.2, 0) is 4.79 Å². The van der Waals surface area contributed by atoms with Gasteiger partial charge in [0.2, 0.25) is 5.91 Å². The van der Waals surface area contributed by atoms with Crippen LogP contribution in [0.1, 0.15) is 11.6 Å². The maximum Gasteiger partial charge on any atom is 0.248 e. The highest BCUT2D eigenvalue weighted by molar-refractivity contribution is 6.04. The first-order valence-corrected chi connectivity index (χ1v) is 5.60. The topological polar surface area (TPSA) is 50.8 Å². The van der Waals surface area contributed by atoms with Gasteiger partial charge >= 0.3 is 0 Å². The summed E-state index contributed by atoms with van der Waals surface area (Å²) in [6, 6.07) is 3.48. The molecule has 0 bridgehead atoms. The lowest BCUT2D eigenvalue weighted by atomic mass is 10.1. The van der Waals surface area contributed by atoms with Gasteiger partial charge in [0, 0.05) is 18.7 Å². The largest absolute Gasteiger partial charge is 0.486 e. The summed E-state index contributed by atoms with van der Waals surface area (Å²) >= 11 is 0. The molecule has 0 aromatic heterocycles. The second-order valence-corrected chi connectivity index (χ2v) is 4.17. The molecule has 2 heterocycles. The number of hydrogen-bond acceptors (Lipinski definition) is 4. The number of nitrogens with one attached hydrogen (secondary N) is 1. The van der Waals surface area contributed by atoms with Crippen LogP contribution < -0.4 is 19.7 Å². The average Bonchev–Trinajstić information content (AvgIpc) is 2.59. The molecular formula is C12H14N2O3. The lowest BCUT2D eigenvalue weighted by molar-refractivity contribution is -0.119. The summed E-state index contributed by atoms with van der Waals surface area (Å²) in [6.07, 6.45) is 0. The Morgan fingerprint density at radius 1 is 1.29 bits per heavy atom. The first-order chi connectivity index (χ1) is 8.22. The zero-order chi connectivity index (χ0) is 12.0. The molecule has 2 aliphatic rings. The summed E-state index contributed by atoms with van der Waals surface area (Å²) in [5, 5.41) is 3.02. The van der Waals surface area contributed by atoms with Crippen molar-refractivity contribution in [2.24, 2.45) is 0 Å². The van der Waals surface area contributed by atoms with E-state index in [0.717, 1.165) is 17.0 Å². The van der Waals surface area contributed by atoms with Crippen LogP contribution >= 0.6 is 0 Å². The number of anilines is 1. The molecule has 17 heavy (non-hydrogen) atoms. The fourth-order valence-corrected chi connectivity index (χ4v) is 2.34. The Labute approximate surface area is 99.3 Å². The Kier molecular flexibility index (Phi) is 2.22. The second-order valence-electron chi connectivity index (χ2n) is 4.17. The van der Waals surface area contributed by atoms with E-state index in [2.05, 4.69) is 5.32 Å². The van der Waals surface area contributed by atoms with Crippen LogP contribution in [0, 0.1) is 0 Å². The molecule has 0 saturated carbocycles. The Morgan fingerprint density at radius 3 is 2.59 bits per heavy atom. The van der Waals surface area contributed by atoms with Gasteiger partial charge in [-0.2, -0.15) is 0 Å². The maximum atomic E-state index is 12.0. The van der Waals surface area contributed by atoms with Crippen LogP contribution in [0.4, 0.5) is 5.69 Å². The Balaban J connectivity index is 2.13. The Bertz CT molecular complexity index is 487. The molecule has 0 aliphatic carbocycles. The van der Waals surface area contributed by atoms with Gasteiger partial charge in [-0.15, -0.1) is 0 Å². The molecule has 1 amide bonds. The van der Waals surface area contributed by atoms with E-state index in [1.165, 1.54) is 0 Å². The van der Waals surface area contributed by atoms with Crippen LogP contribution in [-0.4, -0.2) is 33.2 Å². The van der Waals surface area contributed by atoms with E-state index in [4.69, 9.17) is 9.47 Å². The molecule has 1 N–H and O–H groups in total. The lowest BCUT2D eigenvalue weighted by Crippen LogP contribution is -2.30. The summed E-state index contributed by atoms with van der Waals surface area (Å²) in [6.45, 7) is 1.11. The molecular weight excluding hydrogens is 220 g/mol. The number of hydrogen-bond donors (Lipinski definition) is 1. The highest BCUT2D eigenvalue weighted by atomic mass is 16.6. The number of ether oxygens (including phenoxy) is 2. The third-order valence-electron chi connectivity index (χ3n) is 3.23. The maximum absolute atomic E-state index is 12.0. The number of benzene rings is 1. The monoisotopic (exact) mass is 234 g/mol. The third kappa shape index (κ3) is 1.39. The van der Waals surface area contributed by atoms with Gasteiger partial charge in [-0.1, -0.05) is 0 Å². The smallest absolute Gasteiger partial charge is 0.248 e. The number of nitrogens with zero attached hydrogens (tertiary/aromatic N) is 1. The number of rotatable bonds is 1. The van der Waals surface area contributed by atoms with E-state index in [9.17, 15) is 4.79 Å². The molecule has 0 saturated heterocycles. The fraction of sp³-hybridized carbons (Fsp3) is 0.417. The van der Waals surface area contributed by atoms with Crippen molar-refractivity contribution in [1.82, 2.24) is 5.32 Å². The van der Waals surface area contributed by atoms with Gasteiger partial charge in [-0.25, -0.2) is 0 Å². The highest BCUT2D eigenvalue weighted by Gasteiger charge is 2.35. The van der Waals surface area contributed by atoms with Gasteiger partial charge in [0.1, 0.15) is 19.3 Å². The van der Waals surface area contributed by atoms with Crippen LogP contribution in [0.25, 0.3) is 0 Å². The first-order valence-electron chi connectivity index (χ1n) is 5.60. The molecule has 0 fully saturated rings. The van der Waals surface area contributed by atoms with E-state index in [1.54, 1.807) is 19.0 Å². The Hall–Kier alpha value is -1.75. The standard InChI is InChI=1S/C12H14N2O3/c1-13-11-7-5-9-10(17-4-3-16-9)6-8(7)14(2)12(11)15/h5-6,11,13H,3-4H2,1-2H3. The van der Waals surface area contributed by atoms with E-state index < -0.39 is 0 Å². The van der Waals surface area contributed by atoms with E-state index >= 15 is 0 Å². The summed E-state index contributed by atoms with van der Waals surface area (Å²) in [4.78, 5) is 13.6. The van der Waals surface area contributed by atoms with Crippen LogP contribution in [0.2, 0.25) is 0 Å². The van der Waals surface area contributed by atoms with Gasteiger partial charge in [0.05, 0.1) is 5.69 Å². The van der Waals surface area contributed by atoms with Gasteiger partial charge < -0.3 is 19.7 Å². The molecule has 90 valence electrons. The van der Waals surface area contributed by atoms with Crippen molar-refractivity contribution in [3.05, 3.63) is 17.7 Å². The number of carbonyl (C=O) groups is 1. The normalized spacial score (nSPS) is 21.6. The first kappa shape index (κ1) is 10.4. The van der Waals surface area contributed by atoms with Gasteiger partial charge in [-0.3, -0.25) is 4.79 Å². The van der Waals surface area contributed by atoms with Crippen molar-refractivity contribution in [3.8, 4) is 11.5 Å². The number of amides is 1. The van der Waals surface area contributed by atoms with Crippen LogP contribution in [0.15, 0.2) is 12.1 Å². The Morgan fingerprint density at radius 2 is 1.94 bits per heavy atom. The quantitative estimate of drug-likeness (QED) is 0.777. The lowest BCUT2D eigenvalue weighted by Gasteiger charge is -2.20. The van der Waals surface area contributed by atoms with Crippen molar-refractivity contribution < 1.29 is 14.3 Å². The van der Waals surface area contributed by atoms with Crippen molar-refractivity contribution in [2.45, 2.75) is 6.04 Å². The molecule has 1 aromatic carbocycles. The molecule has 5 nitrogen and oxygen atoms in total. The van der Waals surface area contributed by atoms with E-state index in [0.29, 0.717) is 19.0 Å². The number of likely N-dealkylation sites (N-methyl/N-ethyl adjacent to an activating group) is 2. The average molecular weight is 234 g/mol. The molecule has 0 radical (unpaired) electrons. The summed E-state index contributed by atoms with van der Waals surface area (Å²) in [7, 11) is 3.55. The molecule has 1 atom stereocenters. The minimum atomic E-state index is -0.286. The third-order valence-corrected chi connectivity index (χ3v) is 3.23. The zero-order valence-electron chi connectivity index (χ0n) is 9.82. The number of carbonyl (C=O) groups excluding carboxylic acids is 1. The summed E-state index contributed by atoms with van der Waals surface area (Å²) in [5.74, 6) is 1.48. The van der Waals surface area contributed by atoms with E-state index in [-0.39, 0.29) is 11.9 Å². The minimum absolute atomic E-state index is 0.0462. The van der Waals surface area contributed by atoms with Crippen molar-refractivity contribution in [2.75, 3.05) is 32.2 Å².